The molecule has 1 fully saturated rings. The molecular formula is C22H22N4O7. The summed E-state index contributed by atoms with van der Waals surface area (Å²) in [5.74, 6) is -1.12. The van der Waals surface area contributed by atoms with Crippen LogP contribution in [0.5, 0.6) is 11.5 Å². The number of nitro groups is 1. The Balaban J connectivity index is 1.83. The summed E-state index contributed by atoms with van der Waals surface area (Å²) in [6.07, 6.45) is 1.94. The summed E-state index contributed by atoms with van der Waals surface area (Å²) in [6, 6.07) is 8.91. The van der Waals surface area contributed by atoms with Crippen molar-refractivity contribution in [3.63, 3.8) is 0 Å². The number of carbonyl (C=O) groups excluding carboxylic acids is 3. The first-order valence-electron chi connectivity index (χ1n) is 9.91. The standard InChI is InChI=1S/C22H22N4O7/c1-4-13-7-5-6-8-15(13)23-20(27)12-25-21(28)16(24-22(25)29)9-14-10-17(26(30)31)19(33-3)11-18(14)32-2/h5-11H,4,12H2,1-3H3,(H,23,27)(H,24,29)/b16-9+. The summed E-state index contributed by atoms with van der Waals surface area (Å²) < 4.78 is 10.2. The number of para-hydroxylation sites is 1. The molecule has 0 spiro atoms. The van der Waals surface area contributed by atoms with Crippen LogP contribution in [-0.2, 0) is 16.0 Å². The van der Waals surface area contributed by atoms with Crippen LogP contribution in [0.4, 0.5) is 16.2 Å². The van der Waals surface area contributed by atoms with Gasteiger partial charge in [-0.1, -0.05) is 25.1 Å². The van der Waals surface area contributed by atoms with Gasteiger partial charge in [-0.2, -0.15) is 0 Å². The minimum absolute atomic E-state index is 0.0218. The van der Waals surface area contributed by atoms with E-state index in [0.717, 1.165) is 10.5 Å². The van der Waals surface area contributed by atoms with Crippen LogP contribution in [0, 0.1) is 10.1 Å². The Kier molecular flexibility index (Phi) is 6.91. The third-order valence-corrected chi connectivity index (χ3v) is 4.96. The van der Waals surface area contributed by atoms with Gasteiger partial charge in [-0.15, -0.1) is 0 Å². The van der Waals surface area contributed by atoms with Crippen molar-refractivity contribution in [2.24, 2.45) is 0 Å². The number of anilines is 1. The molecule has 1 saturated heterocycles. The van der Waals surface area contributed by atoms with Gasteiger partial charge >= 0.3 is 11.7 Å². The highest BCUT2D eigenvalue weighted by Gasteiger charge is 2.35. The lowest BCUT2D eigenvalue weighted by atomic mass is 10.1. The topological polar surface area (TPSA) is 140 Å². The zero-order valence-electron chi connectivity index (χ0n) is 18.2. The van der Waals surface area contributed by atoms with Crippen molar-refractivity contribution in [1.29, 1.82) is 0 Å². The second-order valence-electron chi connectivity index (χ2n) is 6.96. The predicted molar refractivity (Wildman–Crippen MR) is 119 cm³/mol. The number of rotatable bonds is 8. The van der Waals surface area contributed by atoms with Crippen LogP contribution in [-0.4, -0.2) is 48.4 Å². The van der Waals surface area contributed by atoms with E-state index in [4.69, 9.17) is 9.47 Å². The zero-order chi connectivity index (χ0) is 24.1. The largest absolute Gasteiger partial charge is 0.496 e. The lowest BCUT2D eigenvalue weighted by molar-refractivity contribution is -0.385. The van der Waals surface area contributed by atoms with Crippen LogP contribution in [0.15, 0.2) is 42.1 Å². The van der Waals surface area contributed by atoms with Crippen molar-refractivity contribution >= 4 is 35.3 Å². The smallest absolute Gasteiger partial charge is 0.329 e. The van der Waals surface area contributed by atoms with Crippen LogP contribution in [0.1, 0.15) is 18.1 Å². The molecule has 1 aliphatic heterocycles. The van der Waals surface area contributed by atoms with Crippen LogP contribution in [0.3, 0.4) is 0 Å². The SMILES string of the molecule is CCc1ccccc1NC(=O)CN1C(=O)N/C(=C/c2cc([N+](=O)[O-])c(OC)cc2OC)C1=O. The van der Waals surface area contributed by atoms with E-state index >= 15 is 0 Å². The van der Waals surface area contributed by atoms with E-state index in [1.807, 2.05) is 19.1 Å². The predicted octanol–water partition coefficient (Wildman–Crippen LogP) is 2.71. The molecule has 0 aromatic heterocycles. The fourth-order valence-electron chi connectivity index (χ4n) is 3.32. The number of hydrogen-bond donors (Lipinski definition) is 2. The molecule has 2 aromatic rings. The number of hydrogen-bond acceptors (Lipinski definition) is 7. The fraction of sp³-hybridized carbons (Fsp3) is 0.227. The van der Waals surface area contributed by atoms with Gasteiger partial charge in [0.05, 0.1) is 19.1 Å². The number of nitrogens with zero attached hydrogens (tertiary/aromatic N) is 2. The number of benzene rings is 2. The highest BCUT2D eigenvalue weighted by molar-refractivity contribution is 6.16. The molecule has 0 unspecified atom stereocenters. The van der Waals surface area contributed by atoms with Crippen LogP contribution in [0.25, 0.3) is 6.08 Å². The molecule has 2 N–H and O–H groups in total. The third kappa shape index (κ3) is 4.92. The van der Waals surface area contributed by atoms with Gasteiger partial charge in [-0.3, -0.25) is 19.7 Å². The first-order valence-corrected chi connectivity index (χ1v) is 9.91. The average Bonchev–Trinajstić information content (AvgIpc) is 3.06. The van der Waals surface area contributed by atoms with E-state index in [9.17, 15) is 24.5 Å². The van der Waals surface area contributed by atoms with Gasteiger partial charge in [0.2, 0.25) is 11.7 Å². The fourth-order valence-corrected chi connectivity index (χ4v) is 3.32. The van der Waals surface area contributed by atoms with E-state index in [2.05, 4.69) is 10.6 Å². The first kappa shape index (κ1) is 23.3. The third-order valence-electron chi connectivity index (χ3n) is 4.96. The normalized spacial score (nSPS) is 14.3. The zero-order valence-corrected chi connectivity index (χ0v) is 18.2. The number of methoxy groups -OCH3 is 2. The van der Waals surface area contributed by atoms with Gasteiger partial charge in [0, 0.05) is 23.4 Å². The molecule has 0 aliphatic carbocycles. The molecule has 1 aliphatic rings. The molecule has 3 rings (SSSR count). The lowest BCUT2D eigenvalue weighted by Gasteiger charge is -2.13. The van der Waals surface area contributed by atoms with Crippen molar-refractivity contribution in [1.82, 2.24) is 10.2 Å². The summed E-state index contributed by atoms with van der Waals surface area (Å²) in [7, 11) is 2.63. The molecule has 0 radical (unpaired) electrons. The molecule has 4 amide bonds. The quantitative estimate of drug-likeness (QED) is 0.270. The highest BCUT2D eigenvalue weighted by Crippen LogP contribution is 2.35. The van der Waals surface area contributed by atoms with Gasteiger partial charge in [0.1, 0.15) is 18.0 Å². The van der Waals surface area contributed by atoms with Crippen molar-refractivity contribution in [2.75, 3.05) is 26.1 Å². The minimum atomic E-state index is -0.785. The number of amides is 4. The average molecular weight is 454 g/mol. The maximum absolute atomic E-state index is 12.8. The number of nitrogens with one attached hydrogen (secondary N) is 2. The van der Waals surface area contributed by atoms with E-state index in [1.165, 1.54) is 32.4 Å². The van der Waals surface area contributed by atoms with Crippen molar-refractivity contribution in [3.05, 3.63) is 63.3 Å². The molecule has 1 heterocycles. The Hall–Kier alpha value is -4.41. The Morgan fingerprint density at radius 3 is 2.52 bits per heavy atom. The van der Waals surface area contributed by atoms with Gasteiger partial charge in [0.25, 0.3) is 5.91 Å². The van der Waals surface area contributed by atoms with Crippen molar-refractivity contribution < 1.29 is 28.8 Å². The molecular weight excluding hydrogens is 432 g/mol. The maximum Gasteiger partial charge on any atom is 0.329 e. The van der Waals surface area contributed by atoms with Crippen LogP contribution >= 0.6 is 0 Å². The summed E-state index contributed by atoms with van der Waals surface area (Å²) in [5, 5.41) is 16.4. The number of imide groups is 1. The second-order valence-corrected chi connectivity index (χ2v) is 6.96. The number of nitro benzene ring substituents is 1. The Bertz CT molecular complexity index is 1160. The molecule has 172 valence electrons. The Morgan fingerprint density at radius 1 is 1.18 bits per heavy atom. The number of aryl methyl sites for hydroxylation is 1. The van der Waals surface area contributed by atoms with E-state index < -0.39 is 29.3 Å². The van der Waals surface area contributed by atoms with Gasteiger partial charge in [-0.05, 0) is 24.1 Å². The summed E-state index contributed by atoms with van der Waals surface area (Å²) in [4.78, 5) is 49.0. The maximum atomic E-state index is 12.8. The second kappa shape index (κ2) is 9.81. The highest BCUT2D eigenvalue weighted by atomic mass is 16.6. The van der Waals surface area contributed by atoms with Gasteiger partial charge in [-0.25, -0.2) is 9.69 Å². The van der Waals surface area contributed by atoms with Crippen molar-refractivity contribution in [2.45, 2.75) is 13.3 Å². The van der Waals surface area contributed by atoms with E-state index in [1.54, 1.807) is 12.1 Å². The molecule has 0 saturated carbocycles. The number of urea groups is 1. The van der Waals surface area contributed by atoms with Gasteiger partial charge in [0.15, 0.2) is 0 Å². The minimum Gasteiger partial charge on any atom is -0.496 e. The van der Waals surface area contributed by atoms with Gasteiger partial charge < -0.3 is 20.1 Å². The van der Waals surface area contributed by atoms with E-state index in [-0.39, 0.29) is 28.4 Å². The summed E-state index contributed by atoms with van der Waals surface area (Å²) in [5.41, 5.74) is 1.20. The Morgan fingerprint density at radius 2 is 1.88 bits per heavy atom. The molecule has 11 heteroatoms. The van der Waals surface area contributed by atoms with Crippen molar-refractivity contribution in [3.8, 4) is 11.5 Å². The number of ether oxygens (including phenoxy) is 2. The Labute approximate surface area is 189 Å². The summed E-state index contributed by atoms with van der Waals surface area (Å²) in [6.45, 7) is 1.44. The molecule has 0 bridgehead atoms. The number of carbonyl (C=O) groups is 3. The lowest BCUT2D eigenvalue weighted by Crippen LogP contribution is -2.38. The monoisotopic (exact) mass is 454 g/mol. The van der Waals surface area contributed by atoms with Crippen LogP contribution < -0.4 is 20.1 Å². The molecule has 11 nitrogen and oxygen atoms in total. The first-order chi connectivity index (χ1) is 15.8. The molecule has 33 heavy (non-hydrogen) atoms. The van der Waals surface area contributed by atoms with Crippen LogP contribution in [0.2, 0.25) is 0 Å². The molecule has 0 atom stereocenters. The summed E-state index contributed by atoms with van der Waals surface area (Å²) >= 11 is 0. The molecule has 2 aromatic carbocycles. The van der Waals surface area contributed by atoms with E-state index in [0.29, 0.717) is 12.1 Å².